The number of benzene rings is 1. The molecule has 1 aromatic rings. The number of hydrogen-bond acceptors (Lipinski definition) is 2. The molecule has 0 radical (unpaired) electrons. The number of rotatable bonds is 6. The highest BCUT2D eigenvalue weighted by Gasteiger charge is 2.21. The lowest BCUT2D eigenvalue weighted by atomic mass is 9.84. The lowest BCUT2D eigenvalue weighted by molar-refractivity contribution is -0.121. The summed E-state index contributed by atoms with van der Waals surface area (Å²) in [4.78, 5) is 11.9. The molecule has 0 aliphatic carbocycles. The molecule has 1 saturated heterocycles. The number of carbonyl (C=O) groups excluding carboxylic acids is 1. The van der Waals surface area contributed by atoms with Gasteiger partial charge in [-0.3, -0.25) is 4.79 Å². The molecule has 0 bridgehead atoms. The Morgan fingerprint density at radius 1 is 1.33 bits per heavy atom. The Labute approximate surface area is 134 Å². The van der Waals surface area contributed by atoms with Crippen LogP contribution >= 0.6 is 12.4 Å². The normalized spacial score (nSPS) is 18.1. The Balaban J connectivity index is 0.00000220. The Hall–Kier alpha value is -1.06. The van der Waals surface area contributed by atoms with Crippen molar-refractivity contribution in [3.05, 3.63) is 35.9 Å². The summed E-state index contributed by atoms with van der Waals surface area (Å²) < 4.78 is 0. The maximum absolute atomic E-state index is 11.9. The second-order valence-electron chi connectivity index (χ2n) is 6.42. The van der Waals surface area contributed by atoms with Gasteiger partial charge in [-0.2, -0.15) is 0 Å². The summed E-state index contributed by atoms with van der Waals surface area (Å²) in [5, 5.41) is 6.43. The molecule has 2 rings (SSSR count). The fourth-order valence-corrected chi connectivity index (χ4v) is 2.70. The quantitative estimate of drug-likeness (QED) is 0.848. The van der Waals surface area contributed by atoms with Crippen molar-refractivity contribution in [2.45, 2.75) is 38.5 Å². The van der Waals surface area contributed by atoms with E-state index >= 15 is 0 Å². The molecular formula is C17H27ClN2O. The Morgan fingerprint density at radius 3 is 2.67 bits per heavy atom. The summed E-state index contributed by atoms with van der Waals surface area (Å²) in [6, 6.07) is 10.4. The summed E-state index contributed by atoms with van der Waals surface area (Å²) in [5.41, 5.74) is 1.24. The van der Waals surface area contributed by atoms with E-state index in [1.807, 2.05) is 18.2 Å². The highest BCUT2D eigenvalue weighted by atomic mass is 35.5. The van der Waals surface area contributed by atoms with Gasteiger partial charge in [0.15, 0.2) is 0 Å². The van der Waals surface area contributed by atoms with Gasteiger partial charge in [-0.05, 0) is 37.4 Å². The zero-order chi connectivity index (χ0) is 14.4. The first kappa shape index (κ1) is 18.0. The molecule has 2 N–H and O–H groups in total. The predicted molar refractivity (Wildman–Crippen MR) is 89.9 cm³/mol. The van der Waals surface area contributed by atoms with Crippen LogP contribution in [0.25, 0.3) is 0 Å². The van der Waals surface area contributed by atoms with E-state index in [4.69, 9.17) is 0 Å². The van der Waals surface area contributed by atoms with Crippen LogP contribution in [0.2, 0.25) is 0 Å². The minimum Gasteiger partial charge on any atom is -0.355 e. The molecule has 0 aromatic heterocycles. The van der Waals surface area contributed by atoms with Crippen LogP contribution in [0.3, 0.4) is 0 Å². The molecule has 1 aromatic carbocycles. The van der Waals surface area contributed by atoms with Crippen molar-refractivity contribution in [1.29, 1.82) is 0 Å². The first-order chi connectivity index (χ1) is 9.58. The van der Waals surface area contributed by atoms with E-state index in [1.54, 1.807) is 0 Å². The summed E-state index contributed by atoms with van der Waals surface area (Å²) >= 11 is 0. The maximum Gasteiger partial charge on any atom is 0.220 e. The maximum atomic E-state index is 11.9. The van der Waals surface area contributed by atoms with Crippen LogP contribution in [0.4, 0.5) is 0 Å². The van der Waals surface area contributed by atoms with Crippen LogP contribution in [0.15, 0.2) is 30.3 Å². The molecule has 1 atom stereocenters. The molecule has 1 amide bonds. The first-order valence-electron chi connectivity index (χ1n) is 7.61. The lowest BCUT2D eigenvalue weighted by Crippen LogP contribution is -2.36. The number of hydrogen-bond donors (Lipinski definition) is 2. The Kier molecular flexibility index (Phi) is 7.20. The molecule has 0 saturated carbocycles. The smallest absolute Gasteiger partial charge is 0.220 e. The van der Waals surface area contributed by atoms with Gasteiger partial charge in [0.2, 0.25) is 5.91 Å². The van der Waals surface area contributed by atoms with Gasteiger partial charge in [0.1, 0.15) is 0 Å². The summed E-state index contributed by atoms with van der Waals surface area (Å²) in [6.07, 6.45) is 2.87. The molecule has 1 aliphatic heterocycles. The van der Waals surface area contributed by atoms with Crippen LogP contribution in [-0.2, 0) is 10.2 Å². The number of carbonyl (C=O) groups is 1. The van der Waals surface area contributed by atoms with Gasteiger partial charge in [-0.15, -0.1) is 12.4 Å². The van der Waals surface area contributed by atoms with E-state index in [2.05, 4.69) is 36.6 Å². The zero-order valence-electron chi connectivity index (χ0n) is 13.0. The predicted octanol–water partition coefficient (Wildman–Crippen LogP) is 2.89. The van der Waals surface area contributed by atoms with E-state index in [1.165, 1.54) is 12.0 Å². The standard InChI is InChI=1S/C17H26N2O.ClH/c1-17(2,15-6-4-3-5-7-15)13-19-16(20)9-8-14-10-11-18-12-14;/h3-7,14,18H,8-13H2,1-2H3,(H,19,20);1H. The molecule has 21 heavy (non-hydrogen) atoms. The fourth-order valence-electron chi connectivity index (χ4n) is 2.70. The van der Waals surface area contributed by atoms with Crippen molar-refractivity contribution in [1.82, 2.24) is 10.6 Å². The SMILES string of the molecule is CC(C)(CNC(=O)CCC1CCNC1)c1ccccc1.Cl. The fraction of sp³-hybridized carbons (Fsp3) is 0.588. The van der Waals surface area contributed by atoms with Crippen LogP contribution in [0.5, 0.6) is 0 Å². The van der Waals surface area contributed by atoms with Crippen LogP contribution < -0.4 is 10.6 Å². The third-order valence-electron chi connectivity index (χ3n) is 4.22. The van der Waals surface area contributed by atoms with Crippen molar-refractivity contribution >= 4 is 18.3 Å². The molecule has 0 spiro atoms. The Morgan fingerprint density at radius 2 is 2.05 bits per heavy atom. The van der Waals surface area contributed by atoms with Gasteiger partial charge >= 0.3 is 0 Å². The molecule has 1 aliphatic rings. The molecule has 4 heteroatoms. The monoisotopic (exact) mass is 310 g/mol. The number of halogens is 1. The average molecular weight is 311 g/mol. The number of amides is 1. The van der Waals surface area contributed by atoms with Crippen LogP contribution in [-0.4, -0.2) is 25.5 Å². The summed E-state index contributed by atoms with van der Waals surface area (Å²) in [7, 11) is 0. The topological polar surface area (TPSA) is 41.1 Å². The Bertz CT molecular complexity index is 428. The highest BCUT2D eigenvalue weighted by molar-refractivity contribution is 5.85. The summed E-state index contributed by atoms with van der Waals surface area (Å²) in [6.45, 7) is 7.21. The van der Waals surface area contributed by atoms with Crippen molar-refractivity contribution in [3.63, 3.8) is 0 Å². The summed E-state index contributed by atoms with van der Waals surface area (Å²) in [5.74, 6) is 0.865. The molecular weight excluding hydrogens is 284 g/mol. The zero-order valence-corrected chi connectivity index (χ0v) is 13.8. The van der Waals surface area contributed by atoms with Crippen LogP contribution in [0, 0.1) is 5.92 Å². The third kappa shape index (κ3) is 5.68. The van der Waals surface area contributed by atoms with E-state index in [0.717, 1.165) is 19.5 Å². The highest BCUT2D eigenvalue weighted by Crippen LogP contribution is 2.22. The van der Waals surface area contributed by atoms with Crippen molar-refractivity contribution < 1.29 is 4.79 Å². The van der Waals surface area contributed by atoms with E-state index in [-0.39, 0.29) is 23.7 Å². The van der Waals surface area contributed by atoms with Crippen molar-refractivity contribution in [2.75, 3.05) is 19.6 Å². The largest absolute Gasteiger partial charge is 0.355 e. The lowest BCUT2D eigenvalue weighted by Gasteiger charge is -2.25. The average Bonchev–Trinajstić information content (AvgIpc) is 2.97. The van der Waals surface area contributed by atoms with E-state index < -0.39 is 0 Å². The number of nitrogens with one attached hydrogen (secondary N) is 2. The second-order valence-corrected chi connectivity index (χ2v) is 6.42. The minimum atomic E-state index is -0.0220. The van der Waals surface area contributed by atoms with Crippen molar-refractivity contribution in [3.8, 4) is 0 Å². The molecule has 1 fully saturated rings. The molecule has 1 heterocycles. The van der Waals surface area contributed by atoms with Gasteiger partial charge in [0.05, 0.1) is 0 Å². The third-order valence-corrected chi connectivity index (χ3v) is 4.22. The van der Waals surface area contributed by atoms with E-state index in [9.17, 15) is 4.79 Å². The first-order valence-corrected chi connectivity index (χ1v) is 7.61. The van der Waals surface area contributed by atoms with Gasteiger partial charge in [-0.1, -0.05) is 44.2 Å². The molecule has 3 nitrogen and oxygen atoms in total. The minimum absolute atomic E-state index is 0. The van der Waals surface area contributed by atoms with Gasteiger partial charge in [-0.25, -0.2) is 0 Å². The van der Waals surface area contributed by atoms with E-state index in [0.29, 0.717) is 18.9 Å². The van der Waals surface area contributed by atoms with Crippen LogP contribution in [0.1, 0.15) is 38.7 Å². The second kappa shape index (κ2) is 8.40. The molecule has 1 unspecified atom stereocenters. The van der Waals surface area contributed by atoms with Gasteiger partial charge in [0, 0.05) is 18.4 Å². The van der Waals surface area contributed by atoms with Crippen molar-refractivity contribution in [2.24, 2.45) is 5.92 Å². The van der Waals surface area contributed by atoms with Gasteiger partial charge in [0.25, 0.3) is 0 Å². The van der Waals surface area contributed by atoms with Gasteiger partial charge < -0.3 is 10.6 Å². The molecule has 118 valence electrons.